The molecule has 5 aliphatic rings. The van der Waals surface area contributed by atoms with Crippen molar-refractivity contribution in [3.05, 3.63) is 11.6 Å². The minimum Gasteiger partial charge on any atom is -0.462 e. The van der Waals surface area contributed by atoms with Gasteiger partial charge in [0, 0.05) is 17.8 Å². The van der Waals surface area contributed by atoms with Crippen LogP contribution in [-0.2, 0) is 14.3 Å². The number of hydrogen-bond donors (Lipinski definition) is 0. The van der Waals surface area contributed by atoms with Crippen LogP contribution in [0.25, 0.3) is 0 Å². The fourth-order valence-corrected chi connectivity index (χ4v) is 11.3. The predicted octanol–water partition coefficient (Wildman–Crippen LogP) is 8.31. The standard InChI is InChI=1S/C33H52O3/c1-21(34)33-18-16-28(3,4)20-24(33)23-10-11-26-30(7)14-13-27(36-22(2)35)29(5,6)25(30)12-15-32(26,9)31(23,8)17-19-33/h12,23-24,26-27H,10-11,13-20H2,1-9H3/t23-,24+,26-,27+,30+,31-,32-,33-/m1/s1. The SMILES string of the molecule is CC(=O)O[C@H]1CC[C@@]2(C)C(=CC[C@]3(C)[C@@H]2CC[C@@H]2[C@@H]4CC(C)(C)CC[C@]4(C(C)=O)CC[C@]23C)C1(C)C. The summed E-state index contributed by atoms with van der Waals surface area (Å²) in [5.41, 5.74) is 2.34. The number of esters is 1. The molecule has 4 fully saturated rings. The van der Waals surface area contributed by atoms with Gasteiger partial charge in [-0.05, 0) is 111 Å². The van der Waals surface area contributed by atoms with Crippen molar-refractivity contribution in [1.29, 1.82) is 0 Å². The molecule has 202 valence electrons. The molecule has 4 saturated carbocycles. The van der Waals surface area contributed by atoms with Crippen LogP contribution in [0.2, 0.25) is 0 Å². The molecule has 0 amide bonds. The Balaban J connectivity index is 1.55. The minimum absolute atomic E-state index is 0.0269. The van der Waals surface area contributed by atoms with Gasteiger partial charge in [0.05, 0.1) is 0 Å². The summed E-state index contributed by atoms with van der Waals surface area (Å²) in [6.45, 7) is 20.8. The highest BCUT2D eigenvalue weighted by atomic mass is 16.5. The summed E-state index contributed by atoms with van der Waals surface area (Å²) in [6, 6.07) is 0. The molecule has 0 spiro atoms. The molecule has 3 heteroatoms. The van der Waals surface area contributed by atoms with Crippen molar-refractivity contribution >= 4 is 11.8 Å². The molecule has 0 aromatic rings. The monoisotopic (exact) mass is 496 g/mol. The third-order valence-electron chi connectivity index (χ3n) is 13.5. The number of carbonyl (C=O) groups is 2. The lowest BCUT2D eigenvalue weighted by molar-refractivity contribution is -0.210. The van der Waals surface area contributed by atoms with Gasteiger partial charge >= 0.3 is 5.97 Å². The van der Waals surface area contributed by atoms with E-state index in [2.05, 4.69) is 54.5 Å². The molecule has 0 unspecified atom stereocenters. The molecule has 0 aromatic heterocycles. The molecule has 0 N–H and O–H groups in total. The number of rotatable bonds is 2. The van der Waals surface area contributed by atoms with E-state index in [1.807, 2.05) is 6.92 Å². The van der Waals surface area contributed by atoms with E-state index >= 15 is 0 Å². The number of ether oxygens (including phenoxy) is 1. The van der Waals surface area contributed by atoms with Crippen LogP contribution in [0.15, 0.2) is 11.6 Å². The molecule has 8 atom stereocenters. The zero-order valence-electron chi connectivity index (χ0n) is 24.7. The lowest BCUT2D eigenvalue weighted by atomic mass is 9.32. The van der Waals surface area contributed by atoms with Crippen molar-refractivity contribution in [3.63, 3.8) is 0 Å². The van der Waals surface area contributed by atoms with Crippen LogP contribution in [0.4, 0.5) is 0 Å². The molecule has 0 saturated heterocycles. The summed E-state index contributed by atoms with van der Waals surface area (Å²) in [7, 11) is 0. The van der Waals surface area contributed by atoms with Crippen molar-refractivity contribution in [2.75, 3.05) is 0 Å². The summed E-state index contributed by atoms with van der Waals surface area (Å²) in [5, 5.41) is 0. The summed E-state index contributed by atoms with van der Waals surface area (Å²) in [5.74, 6) is 2.13. The Kier molecular flexibility index (Phi) is 5.85. The molecule has 5 aliphatic carbocycles. The highest BCUT2D eigenvalue weighted by molar-refractivity contribution is 5.83. The van der Waals surface area contributed by atoms with Gasteiger partial charge in [-0.25, -0.2) is 0 Å². The Hall–Kier alpha value is -1.12. The lowest BCUT2D eigenvalue weighted by Crippen LogP contribution is -2.65. The Morgan fingerprint density at radius 3 is 2.11 bits per heavy atom. The summed E-state index contributed by atoms with van der Waals surface area (Å²) >= 11 is 0. The van der Waals surface area contributed by atoms with E-state index in [1.165, 1.54) is 32.1 Å². The van der Waals surface area contributed by atoms with E-state index < -0.39 is 0 Å². The third kappa shape index (κ3) is 3.35. The predicted molar refractivity (Wildman–Crippen MR) is 145 cm³/mol. The summed E-state index contributed by atoms with van der Waals surface area (Å²) in [4.78, 5) is 25.2. The number of carbonyl (C=O) groups excluding carboxylic acids is 2. The van der Waals surface area contributed by atoms with Crippen LogP contribution in [0.1, 0.15) is 127 Å². The quantitative estimate of drug-likeness (QED) is 0.285. The second-order valence-corrected chi connectivity index (χ2v) is 15.9. The van der Waals surface area contributed by atoms with Crippen LogP contribution in [0, 0.1) is 50.2 Å². The van der Waals surface area contributed by atoms with Crippen molar-refractivity contribution in [1.82, 2.24) is 0 Å². The van der Waals surface area contributed by atoms with Crippen LogP contribution < -0.4 is 0 Å². The first-order valence-corrected chi connectivity index (χ1v) is 14.9. The highest BCUT2D eigenvalue weighted by Gasteiger charge is 2.69. The average Bonchev–Trinajstić information content (AvgIpc) is 2.75. The summed E-state index contributed by atoms with van der Waals surface area (Å²) in [6.07, 6.45) is 14.1. The lowest BCUT2D eigenvalue weighted by Gasteiger charge is -2.71. The maximum absolute atomic E-state index is 13.3. The molecular weight excluding hydrogens is 444 g/mol. The zero-order valence-corrected chi connectivity index (χ0v) is 24.7. The van der Waals surface area contributed by atoms with Gasteiger partial charge in [-0.3, -0.25) is 9.59 Å². The van der Waals surface area contributed by atoms with Crippen molar-refractivity contribution in [2.24, 2.45) is 50.2 Å². The molecule has 0 aromatic carbocycles. The van der Waals surface area contributed by atoms with Gasteiger partial charge in [-0.2, -0.15) is 0 Å². The zero-order chi connectivity index (χ0) is 26.5. The number of ketones is 1. The molecule has 5 rings (SSSR count). The van der Waals surface area contributed by atoms with Crippen LogP contribution in [0.3, 0.4) is 0 Å². The molecular formula is C33H52O3. The third-order valence-corrected chi connectivity index (χ3v) is 13.5. The molecule has 3 nitrogen and oxygen atoms in total. The Bertz CT molecular complexity index is 989. The largest absolute Gasteiger partial charge is 0.462 e. The van der Waals surface area contributed by atoms with Gasteiger partial charge in [0.15, 0.2) is 0 Å². The van der Waals surface area contributed by atoms with Crippen molar-refractivity contribution in [3.8, 4) is 0 Å². The Labute approximate surface area is 220 Å². The van der Waals surface area contributed by atoms with Crippen molar-refractivity contribution < 1.29 is 14.3 Å². The molecule has 0 radical (unpaired) electrons. The molecule has 0 bridgehead atoms. The Morgan fingerprint density at radius 1 is 0.806 bits per heavy atom. The van der Waals surface area contributed by atoms with E-state index in [-0.39, 0.29) is 39.1 Å². The van der Waals surface area contributed by atoms with E-state index in [4.69, 9.17) is 4.74 Å². The molecule has 36 heavy (non-hydrogen) atoms. The van der Waals surface area contributed by atoms with Crippen molar-refractivity contribution in [2.45, 2.75) is 133 Å². The smallest absolute Gasteiger partial charge is 0.302 e. The van der Waals surface area contributed by atoms with Gasteiger partial charge in [-0.1, -0.05) is 60.1 Å². The molecule has 0 heterocycles. The second-order valence-electron chi connectivity index (χ2n) is 15.9. The number of fused-ring (bicyclic) bond motifs is 7. The fourth-order valence-electron chi connectivity index (χ4n) is 11.3. The first-order chi connectivity index (χ1) is 16.5. The van der Waals surface area contributed by atoms with E-state index in [9.17, 15) is 9.59 Å². The number of hydrogen-bond acceptors (Lipinski definition) is 3. The maximum atomic E-state index is 13.3. The first kappa shape index (κ1) is 26.5. The fraction of sp³-hybridized carbons (Fsp3) is 0.879. The van der Waals surface area contributed by atoms with E-state index in [0.29, 0.717) is 29.0 Å². The van der Waals surface area contributed by atoms with Crippen LogP contribution in [-0.4, -0.2) is 17.9 Å². The topological polar surface area (TPSA) is 43.4 Å². The number of Topliss-reactive ketones (excluding diaryl/α,β-unsaturated/α-hetero) is 1. The van der Waals surface area contributed by atoms with Crippen LogP contribution >= 0.6 is 0 Å². The average molecular weight is 497 g/mol. The first-order valence-electron chi connectivity index (χ1n) is 14.9. The highest BCUT2D eigenvalue weighted by Crippen LogP contribution is 2.76. The van der Waals surface area contributed by atoms with Crippen LogP contribution in [0.5, 0.6) is 0 Å². The maximum Gasteiger partial charge on any atom is 0.302 e. The normalized spacial score (nSPS) is 48.9. The van der Waals surface area contributed by atoms with Gasteiger partial charge in [-0.15, -0.1) is 0 Å². The molecule has 0 aliphatic heterocycles. The van der Waals surface area contributed by atoms with Gasteiger partial charge in [0.2, 0.25) is 0 Å². The summed E-state index contributed by atoms with van der Waals surface area (Å²) < 4.78 is 5.87. The minimum atomic E-state index is -0.155. The van der Waals surface area contributed by atoms with Gasteiger partial charge < -0.3 is 4.74 Å². The Morgan fingerprint density at radius 2 is 1.47 bits per heavy atom. The van der Waals surface area contributed by atoms with E-state index in [0.717, 1.165) is 32.1 Å². The number of allylic oxidation sites excluding steroid dienone is 1. The second kappa shape index (κ2) is 7.95. The van der Waals surface area contributed by atoms with Gasteiger partial charge in [0.1, 0.15) is 11.9 Å². The van der Waals surface area contributed by atoms with E-state index in [1.54, 1.807) is 12.5 Å². The van der Waals surface area contributed by atoms with Gasteiger partial charge in [0.25, 0.3) is 0 Å².